The van der Waals surface area contributed by atoms with Crippen LogP contribution in [0.25, 0.3) is 68.3 Å². The second kappa shape index (κ2) is 12.9. The standard InChI is InChI=1S/C36H28B5FN6/c37-26-25(27(38)29(40)30(41)28(26)39)36-47-33(21-14-8-3-9-15-21)46-35(48-36)23-18-22(16-17-24(23)42)34-44-31(19-10-4-1-5-11-19)43-32(45-34)20-12-6-2-7-13-20/h1-18H,37-41H2. The summed E-state index contributed by atoms with van der Waals surface area (Å²) in [4.78, 5) is 29.2. The van der Waals surface area contributed by atoms with E-state index in [9.17, 15) is 0 Å². The van der Waals surface area contributed by atoms with E-state index >= 15 is 4.39 Å². The summed E-state index contributed by atoms with van der Waals surface area (Å²) in [6, 6.07) is 34.0. The smallest absolute Gasteiger partial charge is 0.167 e. The van der Waals surface area contributed by atoms with Gasteiger partial charge in [0.15, 0.2) is 34.9 Å². The maximum absolute atomic E-state index is 15.9. The third-order valence-corrected chi connectivity index (χ3v) is 9.06. The number of rotatable bonds is 6. The summed E-state index contributed by atoms with van der Waals surface area (Å²) in [6.45, 7) is 0. The van der Waals surface area contributed by atoms with Crippen LogP contribution in [0.3, 0.4) is 0 Å². The summed E-state index contributed by atoms with van der Waals surface area (Å²) < 4.78 is 15.9. The molecule has 0 saturated carbocycles. The molecule has 0 fully saturated rings. The molecule has 0 atom stereocenters. The van der Waals surface area contributed by atoms with E-state index in [2.05, 4.69) is 39.2 Å². The molecule has 0 radical (unpaired) electrons. The molecule has 0 bridgehead atoms. The second-order valence-corrected chi connectivity index (χ2v) is 11.9. The molecule has 0 aliphatic rings. The van der Waals surface area contributed by atoms with Gasteiger partial charge in [-0.3, -0.25) is 0 Å². The zero-order valence-electron chi connectivity index (χ0n) is 27.5. The van der Waals surface area contributed by atoms with E-state index in [4.69, 9.17) is 29.9 Å². The Bertz CT molecular complexity index is 2220. The van der Waals surface area contributed by atoms with Gasteiger partial charge < -0.3 is 0 Å². The van der Waals surface area contributed by atoms with Crippen LogP contribution < -0.4 is 27.3 Å². The molecule has 224 valence electrons. The number of benzene rings is 5. The lowest BCUT2D eigenvalue weighted by Crippen LogP contribution is -2.55. The van der Waals surface area contributed by atoms with Crippen LogP contribution in [-0.4, -0.2) is 69.1 Å². The molecule has 0 unspecified atom stereocenters. The van der Waals surface area contributed by atoms with Crippen molar-refractivity contribution in [3.63, 3.8) is 0 Å². The third kappa shape index (κ3) is 5.86. The Hall–Kier alpha value is -5.63. The van der Waals surface area contributed by atoms with Crippen molar-refractivity contribution in [1.29, 1.82) is 0 Å². The molecule has 6 nitrogen and oxygen atoms in total. The largest absolute Gasteiger partial charge is 0.208 e. The molecule has 7 aromatic rings. The van der Waals surface area contributed by atoms with Gasteiger partial charge >= 0.3 is 0 Å². The Labute approximate surface area is 283 Å². The molecule has 0 N–H and O–H groups in total. The minimum absolute atomic E-state index is 0.229. The van der Waals surface area contributed by atoms with Crippen molar-refractivity contribution >= 4 is 66.5 Å². The van der Waals surface area contributed by atoms with Crippen molar-refractivity contribution in [2.24, 2.45) is 0 Å². The number of aromatic nitrogens is 6. The highest BCUT2D eigenvalue weighted by molar-refractivity contribution is 6.68. The maximum atomic E-state index is 15.9. The normalized spacial score (nSPS) is 11.0. The van der Waals surface area contributed by atoms with Crippen LogP contribution in [0, 0.1) is 5.82 Å². The van der Waals surface area contributed by atoms with Crippen LogP contribution in [0.1, 0.15) is 0 Å². The highest BCUT2D eigenvalue weighted by Crippen LogP contribution is 2.30. The van der Waals surface area contributed by atoms with Crippen molar-refractivity contribution in [3.05, 3.63) is 115 Å². The van der Waals surface area contributed by atoms with Gasteiger partial charge in [-0.1, -0.05) is 102 Å². The van der Waals surface area contributed by atoms with E-state index < -0.39 is 5.82 Å². The zero-order chi connectivity index (χ0) is 33.4. The van der Waals surface area contributed by atoms with Crippen molar-refractivity contribution in [2.75, 3.05) is 0 Å². The van der Waals surface area contributed by atoms with Gasteiger partial charge in [0.1, 0.15) is 45.0 Å². The molecule has 5 aromatic carbocycles. The van der Waals surface area contributed by atoms with Gasteiger partial charge in [-0.05, 0) is 18.2 Å². The predicted molar refractivity (Wildman–Crippen MR) is 207 cm³/mol. The van der Waals surface area contributed by atoms with E-state index in [0.29, 0.717) is 34.7 Å². The molecule has 0 amide bonds. The average Bonchev–Trinajstić information content (AvgIpc) is 3.14. The molecule has 0 aliphatic heterocycles. The SMILES string of the molecule is Bc1c(B)c(B)c(-c2nc(-c3ccccc3)nc(-c3cc(-c4nc(-c5ccccc5)nc(-c5ccccc5)n4)ccc3F)n2)c(B)c1B. The minimum atomic E-state index is -0.458. The lowest BCUT2D eigenvalue weighted by molar-refractivity contribution is 0.630. The van der Waals surface area contributed by atoms with Crippen molar-refractivity contribution in [3.8, 4) is 68.3 Å². The third-order valence-electron chi connectivity index (χ3n) is 9.06. The zero-order valence-corrected chi connectivity index (χ0v) is 27.5. The molecule has 2 aromatic heterocycles. The van der Waals surface area contributed by atoms with Gasteiger partial charge in [0.2, 0.25) is 0 Å². The van der Waals surface area contributed by atoms with E-state index in [0.717, 1.165) is 33.2 Å². The van der Waals surface area contributed by atoms with Crippen LogP contribution in [0.5, 0.6) is 0 Å². The Morgan fingerprint density at radius 3 is 1.17 bits per heavy atom. The molecule has 0 aliphatic carbocycles. The van der Waals surface area contributed by atoms with Gasteiger partial charge in [0, 0.05) is 27.8 Å². The summed E-state index contributed by atoms with van der Waals surface area (Å²) in [5.41, 5.74) is 10.1. The summed E-state index contributed by atoms with van der Waals surface area (Å²) in [7, 11) is 10.5. The Balaban J connectivity index is 1.44. The number of hydrogen-bond acceptors (Lipinski definition) is 6. The van der Waals surface area contributed by atoms with Crippen LogP contribution in [-0.2, 0) is 0 Å². The maximum Gasteiger partial charge on any atom is 0.167 e. The van der Waals surface area contributed by atoms with Gasteiger partial charge in [-0.15, -0.1) is 16.4 Å². The average molecular weight is 618 g/mol. The van der Waals surface area contributed by atoms with Crippen LogP contribution in [0.15, 0.2) is 109 Å². The Kier molecular flexibility index (Phi) is 8.32. The van der Waals surface area contributed by atoms with Crippen molar-refractivity contribution < 1.29 is 4.39 Å². The fourth-order valence-electron chi connectivity index (χ4n) is 5.93. The Morgan fingerprint density at radius 2 is 0.708 bits per heavy atom. The fourth-order valence-corrected chi connectivity index (χ4v) is 5.93. The second-order valence-electron chi connectivity index (χ2n) is 11.9. The van der Waals surface area contributed by atoms with Crippen LogP contribution in [0.4, 0.5) is 4.39 Å². The van der Waals surface area contributed by atoms with E-state index in [1.54, 1.807) is 12.1 Å². The summed E-state index contributed by atoms with van der Waals surface area (Å²) in [6.07, 6.45) is 0. The highest BCUT2D eigenvalue weighted by Gasteiger charge is 2.21. The predicted octanol–water partition coefficient (Wildman–Crippen LogP) is -0.510. The van der Waals surface area contributed by atoms with E-state index in [1.165, 1.54) is 22.5 Å². The van der Waals surface area contributed by atoms with Crippen molar-refractivity contribution in [1.82, 2.24) is 29.9 Å². The molecular formula is C36H28B5FN6. The minimum Gasteiger partial charge on any atom is -0.208 e. The molecule has 0 spiro atoms. The number of halogens is 1. The molecule has 12 heteroatoms. The lowest BCUT2D eigenvalue weighted by Gasteiger charge is -2.20. The molecule has 48 heavy (non-hydrogen) atoms. The first-order valence-corrected chi connectivity index (χ1v) is 15.8. The van der Waals surface area contributed by atoms with Gasteiger partial charge in [0.25, 0.3) is 0 Å². The van der Waals surface area contributed by atoms with Crippen LogP contribution >= 0.6 is 0 Å². The Morgan fingerprint density at radius 1 is 0.354 bits per heavy atom. The monoisotopic (exact) mass is 618 g/mol. The summed E-state index contributed by atoms with van der Waals surface area (Å²) >= 11 is 0. The summed E-state index contributed by atoms with van der Waals surface area (Å²) in [5, 5.41) is 0. The first-order valence-electron chi connectivity index (χ1n) is 15.8. The lowest BCUT2D eigenvalue weighted by atomic mass is 9.60. The molecule has 2 heterocycles. The van der Waals surface area contributed by atoms with Gasteiger partial charge in [-0.2, -0.15) is 0 Å². The fraction of sp³-hybridized carbons (Fsp3) is 0. The van der Waals surface area contributed by atoms with E-state index in [1.807, 2.05) is 91.0 Å². The molecule has 0 saturated heterocycles. The number of hydrogen-bond donors (Lipinski definition) is 0. The van der Waals surface area contributed by atoms with Gasteiger partial charge in [-0.25, -0.2) is 34.3 Å². The van der Waals surface area contributed by atoms with Gasteiger partial charge in [0.05, 0.1) is 5.56 Å². The topological polar surface area (TPSA) is 77.3 Å². The first-order chi connectivity index (χ1) is 23.3. The molecule has 7 rings (SSSR count). The van der Waals surface area contributed by atoms with Crippen molar-refractivity contribution in [2.45, 2.75) is 0 Å². The first kappa shape index (κ1) is 31.0. The van der Waals surface area contributed by atoms with Crippen LogP contribution in [0.2, 0.25) is 0 Å². The highest BCUT2D eigenvalue weighted by atomic mass is 19.1. The summed E-state index contributed by atoms with van der Waals surface area (Å²) in [5.74, 6) is 2.20. The quantitative estimate of drug-likeness (QED) is 0.234. The number of nitrogens with zero attached hydrogens (tertiary/aromatic N) is 6. The van der Waals surface area contributed by atoms with E-state index in [-0.39, 0.29) is 11.4 Å². The molecular weight excluding hydrogens is 589 g/mol.